The van der Waals surface area contributed by atoms with Crippen molar-refractivity contribution >= 4 is 5.91 Å². The van der Waals surface area contributed by atoms with Crippen molar-refractivity contribution in [1.82, 2.24) is 4.90 Å². The van der Waals surface area contributed by atoms with Gasteiger partial charge in [0.05, 0.1) is 6.54 Å². The summed E-state index contributed by atoms with van der Waals surface area (Å²) >= 11 is 0. The van der Waals surface area contributed by atoms with E-state index in [4.69, 9.17) is 16.2 Å². The molecule has 1 aromatic carbocycles. The summed E-state index contributed by atoms with van der Waals surface area (Å²) < 4.78 is 5.60. The number of aryl methyl sites for hydroxylation is 2. The highest BCUT2D eigenvalue weighted by Crippen LogP contribution is 2.22. The lowest BCUT2D eigenvalue weighted by molar-refractivity contribution is -0.118. The largest absolute Gasteiger partial charge is 0.491 e. The fourth-order valence-electron chi connectivity index (χ4n) is 1.55. The molecule has 0 spiro atoms. The summed E-state index contributed by atoms with van der Waals surface area (Å²) in [6.07, 6.45) is 0. The molecule has 0 fully saturated rings. The van der Waals surface area contributed by atoms with Gasteiger partial charge in [0.2, 0.25) is 5.91 Å². The fraction of sp³-hybridized carbons (Fsp3) is 0.533. The number of rotatable bonds is 5. The minimum absolute atomic E-state index is 0.0824. The number of likely N-dealkylation sites (N-methyl/N-ethyl adjacent to an activating group) is 1. The Morgan fingerprint density at radius 3 is 2.10 bits per heavy atom. The summed E-state index contributed by atoms with van der Waals surface area (Å²) in [6, 6.07) is 6.20. The number of hydrogen-bond acceptors (Lipinski definition) is 4. The maximum Gasteiger partial charge on any atom is 0.231 e. The van der Waals surface area contributed by atoms with Crippen molar-refractivity contribution < 1.29 is 9.53 Å². The highest BCUT2D eigenvalue weighted by atomic mass is 16.5. The fourth-order valence-corrected chi connectivity index (χ4v) is 1.55. The molecule has 1 aromatic rings. The monoisotopic (exact) mass is 281 g/mol. The molecule has 1 amide bonds. The van der Waals surface area contributed by atoms with Crippen molar-refractivity contribution in [2.45, 2.75) is 26.8 Å². The zero-order valence-electron chi connectivity index (χ0n) is 13.1. The third-order valence-electron chi connectivity index (χ3n) is 2.37. The first-order valence-electron chi connectivity index (χ1n) is 6.61. The van der Waals surface area contributed by atoms with Crippen LogP contribution in [-0.2, 0) is 4.79 Å². The van der Waals surface area contributed by atoms with Crippen LogP contribution in [0.4, 0.5) is 0 Å². The minimum atomic E-state index is -0.287. The summed E-state index contributed by atoms with van der Waals surface area (Å²) in [5.74, 6) is 0.685. The van der Waals surface area contributed by atoms with Gasteiger partial charge in [-0.2, -0.15) is 0 Å². The molecule has 0 saturated heterocycles. The number of nitrogens with zero attached hydrogens (tertiary/aromatic N) is 1. The topological polar surface area (TPSA) is 81.6 Å². The van der Waals surface area contributed by atoms with Gasteiger partial charge in [0.15, 0.2) is 0 Å². The van der Waals surface area contributed by atoms with Gasteiger partial charge in [-0.15, -0.1) is 0 Å². The first-order valence-corrected chi connectivity index (χ1v) is 6.61. The summed E-state index contributed by atoms with van der Waals surface area (Å²) in [6.45, 7) is 6.94. The molecule has 114 valence electrons. The molecule has 5 nitrogen and oxygen atoms in total. The molecule has 0 aliphatic carbocycles. The second-order valence-corrected chi connectivity index (χ2v) is 5.21. The van der Waals surface area contributed by atoms with E-state index in [0.717, 1.165) is 5.75 Å². The second-order valence-electron chi connectivity index (χ2n) is 5.21. The molecule has 0 aromatic heterocycles. The van der Waals surface area contributed by atoms with Gasteiger partial charge in [-0.05, 0) is 46.0 Å². The molecule has 0 radical (unpaired) electrons. The summed E-state index contributed by atoms with van der Waals surface area (Å²) in [7, 11) is 3.59. The molecule has 0 aliphatic rings. The maximum atomic E-state index is 9.99. The average Bonchev–Trinajstić information content (AvgIpc) is 2.26. The molecule has 1 rings (SSSR count). The molecule has 0 saturated carbocycles. The van der Waals surface area contributed by atoms with E-state index in [1.54, 1.807) is 19.0 Å². The Morgan fingerprint density at radius 2 is 1.80 bits per heavy atom. The van der Waals surface area contributed by atoms with Gasteiger partial charge in [0.1, 0.15) is 12.4 Å². The van der Waals surface area contributed by atoms with Crippen LogP contribution in [0.15, 0.2) is 18.2 Å². The minimum Gasteiger partial charge on any atom is -0.491 e. The van der Waals surface area contributed by atoms with Gasteiger partial charge >= 0.3 is 0 Å². The Labute approximate surface area is 121 Å². The number of benzene rings is 1. The molecular weight excluding hydrogens is 254 g/mol. The summed E-state index contributed by atoms with van der Waals surface area (Å²) in [5, 5.41) is 0. The number of primary amides is 1. The van der Waals surface area contributed by atoms with E-state index < -0.39 is 0 Å². The van der Waals surface area contributed by atoms with E-state index in [1.165, 1.54) is 11.1 Å². The molecule has 1 unspecified atom stereocenters. The SMILES string of the molecule is CN(C)CC(N)=O.Cc1cccc(C)c1OCC(C)N. The Morgan fingerprint density at radius 1 is 1.30 bits per heavy atom. The Kier molecular flexibility index (Phi) is 8.59. The van der Waals surface area contributed by atoms with Gasteiger partial charge in [-0.1, -0.05) is 18.2 Å². The summed E-state index contributed by atoms with van der Waals surface area (Å²) in [4.78, 5) is 11.7. The molecule has 5 heteroatoms. The highest BCUT2D eigenvalue weighted by Gasteiger charge is 2.03. The highest BCUT2D eigenvalue weighted by molar-refractivity contribution is 5.75. The van der Waals surface area contributed by atoms with E-state index in [0.29, 0.717) is 13.2 Å². The van der Waals surface area contributed by atoms with Crippen LogP contribution in [-0.4, -0.2) is 44.1 Å². The van der Waals surface area contributed by atoms with Crippen LogP contribution in [0.2, 0.25) is 0 Å². The molecule has 0 aliphatic heterocycles. The Bertz CT molecular complexity index is 397. The van der Waals surface area contributed by atoms with Gasteiger partial charge in [-0.3, -0.25) is 4.79 Å². The van der Waals surface area contributed by atoms with Gasteiger partial charge in [0.25, 0.3) is 0 Å². The van der Waals surface area contributed by atoms with Crippen molar-refractivity contribution in [3.05, 3.63) is 29.3 Å². The van der Waals surface area contributed by atoms with Crippen LogP contribution in [0.25, 0.3) is 0 Å². The molecule has 0 heterocycles. The van der Waals surface area contributed by atoms with Crippen molar-refractivity contribution in [1.29, 1.82) is 0 Å². The van der Waals surface area contributed by atoms with Crippen molar-refractivity contribution in [3.8, 4) is 5.75 Å². The van der Waals surface area contributed by atoms with Crippen LogP contribution in [0.5, 0.6) is 5.75 Å². The van der Waals surface area contributed by atoms with Crippen molar-refractivity contribution in [3.63, 3.8) is 0 Å². The van der Waals surface area contributed by atoms with Gasteiger partial charge < -0.3 is 21.1 Å². The lowest BCUT2D eigenvalue weighted by Crippen LogP contribution is -2.27. The first kappa shape index (κ1) is 18.4. The molecular formula is C15H27N3O2. The average molecular weight is 281 g/mol. The first-order chi connectivity index (χ1) is 9.23. The Balaban J connectivity index is 0.000000441. The van der Waals surface area contributed by atoms with Crippen LogP contribution in [0, 0.1) is 13.8 Å². The standard InChI is InChI=1S/C11H17NO.C4H10N2O/c1-8-5-4-6-9(2)11(8)13-7-10(3)12;1-6(2)3-4(5)7/h4-6,10H,7,12H2,1-3H3;3H2,1-2H3,(H2,5,7). The van der Waals surface area contributed by atoms with E-state index in [-0.39, 0.29) is 11.9 Å². The molecule has 20 heavy (non-hydrogen) atoms. The predicted molar refractivity (Wildman–Crippen MR) is 82.8 cm³/mol. The maximum absolute atomic E-state index is 9.99. The zero-order valence-corrected chi connectivity index (χ0v) is 13.1. The van der Waals surface area contributed by atoms with Crippen molar-refractivity contribution in [2.24, 2.45) is 11.5 Å². The van der Waals surface area contributed by atoms with E-state index in [2.05, 4.69) is 0 Å². The van der Waals surface area contributed by atoms with Crippen LogP contribution in [0.1, 0.15) is 18.1 Å². The quantitative estimate of drug-likeness (QED) is 0.845. The lowest BCUT2D eigenvalue weighted by atomic mass is 10.1. The third kappa shape index (κ3) is 8.50. The smallest absolute Gasteiger partial charge is 0.231 e. The molecule has 4 N–H and O–H groups in total. The van der Waals surface area contributed by atoms with E-state index >= 15 is 0 Å². The van der Waals surface area contributed by atoms with Crippen molar-refractivity contribution in [2.75, 3.05) is 27.2 Å². The molecule has 0 bridgehead atoms. The molecule has 1 atom stereocenters. The number of nitrogens with two attached hydrogens (primary N) is 2. The second kappa shape index (κ2) is 9.34. The zero-order chi connectivity index (χ0) is 15.7. The number of hydrogen-bond donors (Lipinski definition) is 2. The number of carbonyl (C=O) groups is 1. The van der Waals surface area contributed by atoms with Crippen LogP contribution >= 0.6 is 0 Å². The normalized spacial score (nSPS) is 11.6. The van der Waals surface area contributed by atoms with Crippen LogP contribution in [0.3, 0.4) is 0 Å². The van der Waals surface area contributed by atoms with Crippen LogP contribution < -0.4 is 16.2 Å². The number of para-hydroxylation sites is 1. The lowest BCUT2D eigenvalue weighted by Gasteiger charge is -2.13. The number of carbonyl (C=O) groups excluding carboxylic acids is 1. The van der Waals surface area contributed by atoms with Gasteiger partial charge in [-0.25, -0.2) is 0 Å². The van der Waals surface area contributed by atoms with Gasteiger partial charge in [0, 0.05) is 6.04 Å². The number of amides is 1. The number of ether oxygens (including phenoxy) is 1. The Hall–Kier alpha value is -1.59. The summed E-state index contributed by atoms with van der Waals surface area (Å²) in [5.41, 5.74) is 12.8. The van der Waals surface area contributed by atoms with E-state index in [9.17, 15) is 4.79 Å². The van der Waals surface area contributed by atoms with E-state index in [1.807, 2.05) is 39.0 Å². The third-order valence-corrected chi connectivity index (χ3v) is 2.37. The predicted octanol–water partition coefficient (Wildman–Crippen LogP) is 1.06.